The summed E-state index contributed by atoms with van der Waals surface area (Å²) in [6.45, 7) is 0.387. The van der Waals surface area contributed by atoms with Gasteiger partial charge in [0.1, 0.15) is 32.0 Å². The predicted octanol–water partition coefficient (Wildman–Crippen LogP) is 3.74. The van der Waals surface area contributed by atoms with Gasteiger partial charge in [-0.05, 0) is 37.1 Å². The number of carbonyl (C=O) groups excluding carboxylic acids is 1. The number of aromatic nitrogens is 1. The second-order valence-corrected chi connectivity index (χ2v) is 12.3. The van der Waals surface area contributed by atoms with E-state index in [1.54, 1.807) is 30.9 Å². The van der Waals surface area contributed by atoms with Crippen molar-refractivity contribution in [1.29, 1.82) is 0 Å². The number of amides is 1. The molecule has 3 heterocycles. The molecule has 1 aromatic carbocycles. The molecule has 1 amide bonds. The van der Waals surface area contributed by atoms with E-state index < -0.39 is 22.0 Å². The second kappa shape index (κ2) is 10.1. The van der Waals surface area contributed by atoms with Crippen LogP contribution in [0.3, 0.4) is 0 Å². The predicted molar refractivity (Wildman–Crippen MR) is 133 cm³/mol. The zero-order valence-corrected chi connectivity index (χ0v) is 21.7. The number of carbonyl (C=O) groups is 1. The van der Waals surface area contributed by atoms with Gasteiger partial charge in [0, 0.05) is 6.54 Å². The van der Waals surface area contributed by atoms with Crippen LogP contribution < -0.4 is 14.3 Å². The molecular weight excluding hydrogens is 518 g/mol. The molecule has 1 saturated heterocycles. The Bertz CT molecular complexity index is 1450. The van der Waals surface area contributed by atoms with Gasteiger partial charge in [-0.3, -0.25) is 4.79 Å². The van der Waals surface area contributed by atoms with Crippen molar-refractivity contribution in [3.8, 4) is 23.8 Å². The highest BCUT2D eigenvalue weighted by Crippen LogP contribution is 2.35. The number of sulfonamides is 1. The lowest BCUT2D eigenvalue weighted by Crippen LogP contribution is -2.47. The van der Waals surface area contributed by atoms with Gasteiger partial charge in [0.05, 0.1) is 25.1 Å². The van der Waals surface area contributed by atoms with E-state index in [-0.39, 0.29) is 17.3 Å². The Balaban J connectivity index is 1.82. The Labute approximate surface area is 210 Å². The van der Waals surface area contributed by atoms with Crippen LogP contribution in [0.25, 0.3) is 10.2 Å². The summed E-state index contributed by atoms with van der Waals surface area (Å²) in [5.74, 6) is 3.20. The van der Waals surface area contributed by atoms with Crippen LogP contribution in [0.15, 0.2) is 33.5 Å². The number of hydrogen-bond donors (Lipinski definition) is 0. The number of thiazole rings is 1. The zero-order chi connectivity index (χ0) is 24.5. The first kappa shape index (κ1) is 24.8. The third-order valence-corrected chi connectivity index (χ3v) is 10.2. The number of fused-ring (bicyclic) bond motifs is 1. The summed E-state index contributed by atoms with van der Waals surface area (Å²) in [5.41, 5.74) is 0.665. The lowest BCUT2D eigenvalue weighted by Gasteiger charge is -2.31. The molecule has 0 spiro atoms. The summed E-state index contributed by atoms with van der Waals surface area (Å²) in [6.07, 6.45) is 7.37. The van der Waals surface area contributed by atoms with Gasteiger partial charge in [0.2, 0.25) is 0 Å². The normalized spacial score (nSPS) is 17.6. The number of benzene rings is 1. The molecular formula is C22H22ClN3O5S3. The van der Waals surface area contributed by atoms with Crippen molar-refractivity contribution in [2.24, 2.45) is 4.99 Å². The highest BCUT2D eigenvalue weighted by Gasteiger charge is 2.38. The highest BCUT2D eigenvalue weighted by molar-refractivity contribution is 7.91. The molecule has 1 aliphatic rings. The van der Waals surface area contributed by atoms with Crippen molar-refractivity contribution >= 4 is 60.4 Å². The van der Waals surface area contributed by atoms with Crippen LogP contribution in [0.4, 0.5) is 0 Å². The molecule has 3 aromatic rings. The van der Waals surface area contributed by atoms with Crippen molar-refractivity contribution < 1.29 is 22.7 Å². The van der Waals surface area contributed by atoms with Gasteiger partial charge in [-0.25, -0.2) is 8.42 Å². The molecule has 1 aliphatic heterocycles. The molecule has 0 saturated carbocycles. The number of rotatable bonds is 6. The van der Waals surface area contributed by atoms with E-state index in [2.05, 4.69) is 10.9 Å². The van der Waals surface area contributed by atoms with Crippen LogP contribution in [0, 0.1) is 12.3 Å². The molecule has 0 bridgehead atoms. The molecule has 0 N–H and O–H groups in total. The van der Waals surface area contributed by atoms with E-state index in [0.717, 1.165) is 22.5 Å². The summed E-state index contributed by atoms with van der Waals surface area (Å²) in [5, 5.41) is 0. The molecule has 0 radical (unpaired) electrons. The van der Waals surface area contributed by atoms with Gasteiger partial charge in [-0.15, -0.1) is 17.8 Å². The van der Waals surface area contributed by atoms with Crippen molar-refractivity contribution in [3.63, 3.8) is 0 Å². The van der Waals surface area contributed by atoms with E-state index in [9.17, 15) is 13.2 Å². The zero-order valence-electron chi connectivity index (χ0n) is 18.5. The van der Waals surface area contributed by atoms with Crippen LogP contribution in [0.5, 0.6) is 11.5 Å². The third kappa shape index (κ3) is 4.48. The maximum Gasteiger partial charge on any atom is 0.266 e. The van der Waals surface area contributed by atoms with Gasteiger partial charge < -0.3 is 14.0 Å². The minimum atomic E-state index is -3.88. The van der Waals surface area contributed by atoms with Crippen LogP contribution in [-0.2, 0) is 21.4 Å². The fraction of sp³-hybridized carbons (Fsp3) is 0.364. The van der Waals surface area contributed by atoms with Crippen molar-refractivity contribution in [3.05, 3.63) is 33.4 Å². The number of hydrogen-bond acceptors (Lipinski definition) is 7. The maximum absolute atomic E-state index is 13.4. The first-order valence-corrected chi connectivity index (χ1v) is 13.8. The van der Waals surface area contributed by atoms with E-state index in [1.807, 2.05) is 0 Å². The minimum absolute atomic E-state index is 0.107. The smallest absolute Gasteiger partial charge is 0.266 e. The number of terminal acetylenes is 1. The fourth-order valence-electron chi connectivity index (χ4n) is 3.94. The first-order chi connectivity index (χ1) is 16.3. The van der Waals surface area contributed by atoms with E-state index in [4.69, 9.17) is 27.5 Å². The van der Waals surface area contributed by atoms with Gasteiger partial charge >= 0.3 is 0 Å². The van der Waals surface area contributed by atoms with E-state index in [0.29, 0.717) is 39.0 Å². The molecule has 0 aliphatic carbocycles. The van der Waals surface area contributed by atoms with Crippen molar-refractivity contribution in [2.45, 2.75) is 36.1 Å². The largest absolute Gasteiger partial charge is 0.495 e. The van der Waals surface area contributed by atoms with Crippen LogP contribution in [0.1, 0.15) is 19.3 Å². The van der Waals surface area contributed by atoms with Gasteiger partial charge in [-0.1, -0.05) is 35.3 Å². The maximum atomic E-state index is 13.4. The SMILES string of the molecule is C#CCn1c(=NC(=O)C2CCCCN2S(=O)(=O)c2ccc(Cl)s2)sc2c(OC)ccc(OC)c21. The van der Waals surface area contributed by atoms with Gasteiger partial charge in [0.25, 0.3) is 15.9 Å². The van der Waals surface area contributed by atoms with Crippen LogP contribution >= 0.6 is 34.3 Å². The monoisotopic (exact) mass is 539 g/mol. The third-order valence-electron chi connectivity index (χ3n) is 5.50. The molecule has 180 valence electrons. The molecule has 34 heavy (non-hydrogen) atoms. The number of nitrogens with zero attached hydrogens (tertiary/aromatic N) is 3. The molecule has 8 nitrogen and oxygen atoms in total. The Hall–Kier alpha value is -2.36. The lowest BCUT2D eigenvalue weighted by molar-refractivity contribution is -0.122. The summed E-state index contributed by atoms with van der Waals surface area (Å²) in [4.78, 5) is 18.1. The highest BCUT2D eigenvalue weighted by atomic mass is 35.5. The van der Waals surface area contributed by atoms with Crippen molar-refractivity contribution in [2.75, 3.05) is 20.8 Å². The second-order valence-electron chi connectivity index (χ2n) is 7.46. The Morgan fingerprint density at radius 1 is 1.21 bits per heavy atom. The summed E-state index contributed by atoms with van der Waals surface area (Å²) < 4.78 is 41.7. The van der Waals surface area contributed by atoms with Crippen LogP contribution in [-0.4, -0.2) is 50.0 Å². The molecule has 4 rings (SSSR count). The molecule has 1 unspecified atom stereocenters. The quantitative estimate of drug-likeness (QED) is 0.445. The standard InChI is InChI=1S/C22H22ClN3O5S3/c1-4-12-25-19-15(30-2)8-9-16(31-3)20(19)33-22(25)24-21(27)14-7-5-6-13-26(14)34(28,29)18-11-10-17(23)32-18/h1,8-11,14H,5-7,12-13H2,2-3H3. The molecule has 1 fully saturated rings. The lowest BCUT2D eigenvalue weighted by atomic mass is 10.0. The van der Waals surface area contributed by atoms with Gasteiger partial charge in [0.15, 0.2) is 4.80 Å². The Morgan fingerprint density at radius 2 is 1.94 bits per heavy atom. The average molecular weight is 540 g/mol. The fourth-order valence-corrected chi connectivity index (χ4v) is 8.34. The number of methoxy groups -OCH3 is 2. The number of halogens is 1. The number of thiophene rings is 1. The van der Waals surface area contributed by atoms with E-state index in [1.165, 1.54) is 27.8 Å². The number of ether oxygens (including phenoxy) is 2. The summed E-state index contributed by atoms with van der Waals surface area (Å²) in [6, 6.07) is 5.61. The molecule has 1 atom stereocenters. The minimum Gasteiger partial charge on any atom is -0.495 e. The average Bonchev–Trinajstić information content (AvgIpc) is 3.43. The topological polar surface area (TPSA) is 90.2 Å². The Morgan fingerprint density at radius 3 is 2.59 bits per heavy atom. The number of piperidine rings is 1. The molecule has 12 heteroatoms. The van der Waals surface area contributed by atoms with E-state index >= 15 is 0 Å². The van der Waals surface area contributed by atoms with Gasteiger partial charge in [-0.2, -0.15) is 9.30 Å². The van der Waals surface area contributed by atoms with Crippen molar-refractivity contribution in [1.82, 2.24) is 8.87 Å². The Kier molecular flexibility index (Phi) is 7.35. The van der Waals surface area contributed by atoms with Crippen LogP contribution in [0.2, 0.25) is 4.34 Å². The summed E-state index contributed by atoms with van der Waals surface area (Å²) >= 11 is 8.16. The first-order valence-electron chi connectivity index (χ1n) is 10.3. The summed E-state index contributed by atoms with van der Waals surface area (Å²) in [7, 11) is -0.787. The molecule has 2 aromatic heterocycles.